The van der Waals surface area contributed by atoms with Crippen molar-refractivity contribution in [1.29, 1.82) is 0 Å². The van der Waals surface area contributed by atoms with Gasteiger partial charge in [0.25, 0.3) is 0 Å². The normalized spacial score (nSPS) is 12.8. The Hall–Kier alpha value is -1.20. The van der Waals surface area contributed by atoms with E-state index in [1.165, 1.54) is 4.88 Å². The van der Waals surface area contributed by atoms with Gasteiger partial charge in [0, 0.05) is 30.0 Å². The number of nitrogens with one attached hydrogen (secondary N) is 1. The molecule has 0 aliphatic rings. The Labute approximate surface area is 112 Å². The van der Waals surface area contributed by atoms with Crippen LogP contribution < -0.4 is 5.32 Å². The fourth-order valence-corrected chi connectivity index (χ4v) is 2.66. The Morgan fingerprint density at radius 1 is 1.44 bits per heavy atom. The first-order chi connectivity index (χ1) is 8.70. The Morgan fingerprint density at radius 3 is 2.94 bits per heavy atom. The summed E-state index contributed by atoms with van der Waals surface area (Å²) in [4.78, 5) is 10.0. The van der Waals surface area contributed by atoms with Crippen molar-refractivity contribution in [2.45, 2.75) is 46.3 Å². The number of nitrogens with zero attached hydrogens (tertiary/aromatic N) is 3. The van der Waals surface area contributed by atoms with Crippen LogP contribution in [0.1, 0.15) is 42.0 Å². The highest BCUT2D eigenvalue weighted by Gasteiger charge is 2.10. The summed E-state index contributed by atoms with van der Waals surface area (Å²) in [6.45, 7) is 8.22. The molecule has 0 fully saturated rings. The van der Waals surface area contributed by atoms with Gasteiger partial charge in [-0.05, 0) is 20.3 Å². The van der Waals surface area contributed by atoms with Crippen molar-refractivity contribution >= 4 is 11.3 Å². The van der Waals surface area contributed by atoms with Crippen LogP contribution in [-0.4, -0.2) is 14.5 Å². The summed E-state index contributed by atoms with van der Waals surface area (Å²) < 4.78 is 2.20. The van der Waals surface area contributed by atoms with Crippen LogP contribution in [-0.2, 0) is 13.1 Å². The van der Waals surface area contributed by atoms with E-state index in [1.807, 2.05) is 18.6 Å². The minimum Gasteiger partial charge on any atom is -0.334 e. The lowest BCUT2D eigenvalue weighted by molar-refractivity contribution is 0.530. The van der Waals surface area contributed by atoms with Crippen molar-refractivity contribution in [2.75, 3.05) is 0 Å². The first-order valence-electron chi connectivity index (χ1n) is 6.36. The summed E-state index contributed by atoms with van der Waals surface area (Å²) in [5.74, 6) is 1.09. The first kappa shape index (κ1) is 13.2. The Balaban J connectivity index is 1.92. The maximum absolute atomic E-state index is 4.40. The molecule has 1 N–H and O–H groups in total. The molecule has 2 aromatic heterocycles. The van der Waals surface area contributed by atoms with E-state index in [0.29, 0.717) is 0 Å². The molecular weight excluding hydrogens is 244 g/mol. The van der Waals surface area contributed by atoms with Crippen molar-refractivity contribution < 1.29 is 0 Å². The lowest BCUT2D eigenvalue weighted by Crippen LogP contribution is -2.20. The number of rotatable bonds is 6. The van der Waals surface area contributed by atoms with E-state index in [2.05, 4.69) is 40.6 Å². The number of hydrogen-bond acceptors (Lipinski definition) is 4. The van der Waals surface area contributed by atoms with Crippen LogP contribution in [0, 0.1) is 6.92 Å². The van der Waals surface area contributed by atoms with Gasteiger partial charge in [-0.3, -0.25) is 0 Å². The largest absolute Gasteiger partial charge is 0.334 e. The standard InChI is InChI=1S/C13H20N4S/c1-4-6-17-7-5-14-12(17)9-15-11(3)13-16-8-10(2)18-13/h5,7-8,11,15H,4,6,9H2,1-3H3. The van der Waals surface area contributed by atoms with Gasteiger partial charge in [0.15, 0.2) is 0 Å². The summed E-state index contributed by atoms with van der Waals surface area (Å²) in [7, 11) is 0. The average molecular weight is 264 g/mol. The SMILES string of the molecule is CCCn1ccnc1CNC(C)c1ncc(C)s1. The number of hydrogen-bond donors (Lipinski definition) is 1. The molecule has 1 atom stereocenters. The highest BCUT2D eigenvalue weighted by Crippen LogP contribution is 2.19. The molecule has 98 valence electrons. The molecule has 0 spiro atoms. The van der Waals surface area contributed by atoms with Crippen LogP contribution in [0.2, 0.25) is 0 Å². The van der Waals surface area contributed by atoms with Crippen LogP contribution >= 0.6 is 11.3 Å². The van der Waals surface area contributed by atoms with E-state index < -0.39 is 0 Å². The van der Waals surface area contributed by atoms with E-state index in [1.54, 1.807) is 11.3 Å². The van der Waals surface area contributed by atoms with Gasteiger partial charge in [-0.2, -0.15) is 0 Å². The van der Waals surface area contributed by atoms with Gasteiger partial charge in [0.1, 0.15) is 10.8 Å². The molecule has 0 bridgehead atoms. The van der Waals surface area contributed by atoms with Gasteiger partial charge in [-0.15, -0.1) is 11.3 Å². The zero-order valence-corrected chi connectivity index (χ0v) is 12.0. The van der Waals surface area contributed by atoms with Gasteiger partial charge in [-0.1, -0.05) is 6.92 Å². The van der Waals surface area contributed by atoms with Gasteiger partial charge >= 0.3 is 0 Å². The fraction of sp³-hybridized carbons (Fsp3) is 0.538. The van der Waals surface area contributed by atoms with E-state index in [4.69, 9.17) is 0 Å². The first-order valence-corrected chi connectivity index (χ1v) is 7.18. The van der Waals surface area contributed by atoms with Crippen molar-refractivity contribution in [3.8, 4) is 0 Å². The van der Waals surface area contributed by atoms with Gasteiger partial charge in [0.2, 0.25) is 0 Å². The maximum Gasteiger partial charge on any atom is 0.122 e. The molecule has 0 aromatic carbocycles. The molecule has 1 unspecified atom stereocenters. The molecule has 4 nitrogen and oxygen atoms in total. The maximum atomic E-state index is 4.40. The van der Waals surface area contributed by atoms with E-state index >= 15 is 0 Å². The Kier molecular flexibility index (Phi) is 4.49. The van der Waals surface area contributed by atoms with Crippen LogP contribution in [0.5, 0.6) is 0 Å². The second-order valence-electron chi connectivity index (χ2n) is 4.45. The Bertz CT molecular complexity index is 489. The second kappa shape index (κ2) is 6.11. The lowest BCUT2D eigenvalue weighted by atomic mass is 10.3. The van der Waals surface area contributed by atoms with Crippen LogP contribution in [0.3, 0.4) is 0 Å². The summed E-state index contributed by atoms with van der Waals surface area (Å²) in [6, 6.07) is 0.274. The van der Waals surface area contributed by atoms with Crippen molar-refractivity contribution in [3.05, 3.63) is 34.3 Å². The number of thiazole rings is 1. The zero-order chi connectivity index (χ0) is 13.0. The Morgan fingerprint density at radius 2 is 2.28 bits per heavy atom. The van der Waals surface area contributed by atoms with E-state index in [0.717, 1.165) is 30.3 Å². The summed E-state index contributed by atoms with van der Waals surface area (Å²) in [6.07, 6.45) is 6.96. The van der Waals surface area contributed by atoms with Crippen molar-refractivity contribution in [2.24, 2.45) is 0 Å². The predicted molar refractivity (Wildman–Crippen MR) is 74.6 cm³/mol. The highest BCUT2D eigenvalue weighted by atomic mass is 32.1. The second-order valence-corrected chi connectivity index (χ2v) is 5.71. The lowest BCUT2D eigenvalue weighted by Gasteiger charge is -2.12. The van der Waals surface area contributed by atoms with Gasteiger partial charge in [-0.25, -0.2) is 9.97 Å². The predicted octanol–water partition coefficient (Wildman–Crippen LogP) is 2.91. The minimum atomic E-state index is 0.274. The molecule has 2 rings (SSSR count). The summed E-state index contributed by atoms with van der Waals surface area (Å²) in [5.41, 5.74) is 0. The third-order valence-corrected chi connectivity index (χ3v) is 3.94. The van der Waals surface area contributed by atoms with Crippen LogP contribution in [0.15, 0.2) is 18.6 Å². The number of aryl methyl sites for hydroxylation is 2. The topological polar surface area (TPSA) is 42.7 Å². The van der Waals surface area contributed by atoms with Crippen molar-refractivity contribution in [1.82, 2.24) is 19.9 Å². The third-order valence-electron chi connectivity index (χ3n) is 2.84. The smallest absolute Gasteiger partial charge is 0.122 e. The van der Waals surface area contributed by atoms with Crippen LogP contribution in [0.4, 0.5) is 0 Å². The molecule has 18 heavy (non-hydrogen) atoms. The molecule has 0 amide bonds. The van der Waals surface area contributed by atoms with E-state index in [-0.39, 0.29) is 6.04 Å². The fourth-order valence-electron chi connectivity index (χ4n) is 1.86. The molecule has 0 saturated heterocycles. The monoisotopic (exact) mass is 264 g/mol. The zero-order valence-electron chi connectivity index (χ0n) is 11.2. The van der Waals surface area contributed by atoms with Gasteiger partial charge < -0.3 is 9.88 Å². The third kappa shape index (κ3) is 3.17. The minimum absolute atomic E-state index is 0.274. The van der Waals surface area contributed by atoms with Gasteiger partial charge in [0.05, 0.1) is 12.6 Å². The summed E-state index contributed by atoms with van der Waals surface area (Å²) >= 11 is 1.75. The van der Waals surface area contributed by atoms with E-state index in [9.17, 15) is 0 Å². The molecule has 0 aliphatic heterocycles. The summed E-state index contributed by atoms with van der Waals surface area (Å²) in [5, 5.41) is 4.62. The molecule has 2 aromatic rings. The molecule has 5 heteroatoms. The number of imidazole rings is 1. The molecule has 0 radical (unpaired) electrons. The highest BCUT2D eigenvalue weighted by molar-refractivity contribution is 7.11. The molecule has 0 saturated carbocycles. The quantitative estimate of drug-likeness (QED) is 0.872. The van der Waals surface area contributed by atoms with Crippen LogP contribution in [0.25, 0.3) is 0 Å². The number of aromatic nitrogens is 3. The average Bonchev–Trinajstić information content (AvgIpc) is 2.96. The molecule has 2 heterocycles. The van der Waals surface area contributed by atoms with Crippen molar-refractivity contribution in [3.63, 3.8) is 0 Å². The molecule has 0 aliphatic carbocycles. The molecular formula is C13H20N4S.